The number of nitrogens with one attached hydrogen (secondary N) is 2. The average molecular weight is 256 g/mol. The largest absolute Gasteiger partial charge is 0.369 e. The summed E-state index contributed by atoms with van der Waals surface area (Å²) in [5.74, 6) is -0.188. The van der Waals surface area contributed by atoms with Crippen molar-refractivity contribution in [1.29, 1.82) is 0 Å². The normalized spacial score (nSPS) is 11.4. The molecule has 0 unspecified atom stereocenters. The maximum absolute atomic E-state index is 11.9. The predicted molar refractivity (Wildman–Crippen MR) is 75.5 cm³/mol. The number of aromatic nitrogens is 1. The second-order valence-electron chi connectivity index (χ2n) is 4.26. The second-order valence-corrected chi connectivity index (χ2v) is 4.26. The first-order valence-electron chi connectivity index (χ1n) is 5.93. The van der Waals surface area contributed by atoms with Gasteiger partial charge in [0, 0.05) is 17.5 Å². The van der Waals surface area contributed by atoms with Crippen molar-refractivity contribution in [3.05, 3.63) is 53.3 Å². The number of hydrogen-bond acceptors (Lipinski definition) is 2. The fraction of sp³-hybridized carbons (Fsp3) is 0.143. The number of benzene rings is 1. The minimum Gasteiger partial charge on any atom is -0.369 e. The van der Waals surface area contributed by atoms with Crippen LogP contribution in [-0.4, -0.2) is 16.9 Å². The van der Waals surface area contributed by atoms with E-state index >= 15 is 0 Å². The first-order valence-corrected chi connectivity index (χ1v) is 5.93. The molecule has 0 fully saturated rings. The van der Waals surface area contributed by atoms with Crippen LogP contribution in [-0.2, 0) is 0 Å². The van der Waals surface area contributed by atoms with E-state index in [1.807, 2.05) is 26.1 Å². The van der Waals surface area contributed by atoms with Crippen LogP contribution < -0.4 is 11.1 Å². The first kappa shape index (κ1) is 12.9. The molecular formula is C14H16N4O. The van der Waals surface area contributed by atoms with Gasteiger partial charge in [-0.15, -0.1) is 0 Å². The van der Waals surface area contributed by atoms with Gasteiger partial charge in [-0.1, -0.05) is 18.2 Å². The third-order valence-corrected chi connectivity index (χ3v) is 2.74. The molecule has 0 saturated heterocycles. The Labute approximate surface area is 111 Å². The molecule has 1 aromatic carbocycles. The summed E-state index contributed by atoms with van der Waals surface area (Å²) in [6.45, 7) is 3.83. The van der Waals surface area contributed by atoms with Crippen LogP contribution in [0.4, 0.5) is 5.69 Å². The zero-order valence-corrected chi connectivity index (χ0v) is 10.9. The minimum atomic E-state index is -0.271. The Morgan fingerprint density at radius 2 is 1.95 bits per heavy atom. The van der Waals surface area contributed by atoms with Crippen molar-refractivity contribution >= 4 is 17.6 Å². The lowest BCUT2D eigenvalue weighted by atomic mass is 10.2. The van der Waals surface area contributed by atoms with Gasteiger partial charge < -0.3 is 10.7 Å². The third kappa shape index (κ3) is 3.01. The molecule has 1 heterocycles. The van der Waals surface area contributed by atoms with Gasteiger partial charge in [0.15, 0.2) is 0 Å². The number of H-pyrrole nitrogens is 1. The Balaban J connectivity index is 2.14. The molecule has 5 heteroatoms. The van der Waals surface area contributed by atoms with Gasteiger partial charge in [0.1, 0.15) is 0 Å². The molecule has 98 valence electrons. The van der Waals surface area contributed by atoms with Crippen LogP contribution in [0.5, 0.6) is 0 Å². The average Bonchev–Trinajstić information content (AvgIpc) is 2.71. The van der Waals surface area contributed by atoms with E-state index in [-0.39, 0.29) is 11.9 Å². The van der Waals surface area contributed by atoms with E-state index in [0.717, 1.165) is 16.9 Å². The van der Waals surface area contributed by atoms with Crippen molar-refractivity contribution in [2.24, 2.45) is 10.7 Å². The number of carbonyl (C=O) groups excluding carboxylic acids is 1. The van der Waals surface area contributed by atoms with Crippen molar-refractivity contribution in [2.75, 3.05) is 0 Å². The smallest absolute Gasteiger partial charge is 0.257 e. The molecule has 4 N–H and O–H groups in total. The molecule has 2 aromatic rings. The molecule has 0 radical (unpaired) electrons. The van der Waals surface area contributed by atoms with E-state index in [9.17, 15) is 4.79 Å². The van der Waals surface area contributed by atoms with Crippen LogP contribution in [0.2, 0.25) is 0 Å². The Hall–Kier alpha value is -2.56. The Morgan fingerprint density at radius 1 is 1.26 bits per heavy atom. The molecule has 0 atom stereocenters. The van der Waals surface area contributed by atoms with Gasteiger partial charge in [-0.25, -0.2) is 4.99 Å². The van der Waals surface area contributed by atoms with Crippen LogP contribution in [0, 0.1) is 13.8 Å². The summed E-state index contributed by atoms with van der Waals surface area (Å²) in [5.41, 5.74) is 8.94. The SMILES string of the molecule is Cc1c[nH]c(C)c1N=C(N)NC(=O)c1ccccc1. The number of rotatable bonds is 2. The lowest BCUT2D eigenvalue weighted by molar-refractivity contribution is 0.0976. The molecule has 0 spiro atoms. The predicted octanol–water partition coefficient (Wildman–Crippen LogP) is 2.01. The molecule has 1 aromatic heterocycles. The summed E-state index contributed by atoms with van der Waals surface area (Å²) in [4.78, 5) is 19.1. The number of hydrogen-bond donors (Lipinski definition) is 3. The minimum absolute atomic E-state index is 0.0830. The number of guanidine groups is 1. The van der Waals surface area contributed by atoms with Crippen molar-refractivity contribution in [3.63, 3.8) is 0 Å². The standard InChI is InChI=1S/C14H16N4O/c1-9-8-16-10(2)12(9)17-14(15)18-13(19)11-6-4-3-5-7-11/h3-8,16H,1-2H3,(H3,15,17,18,19). The van der Waals surface area contributed by atoms with Crippen LogP contribution in [0.3, 0.4) is 0 Å². The van der Waals surface area contributed by atoms with E-state index in [1.54, 1.807) is 24.3 Å². The lowest BCUT2D eigenvalue weighted by Crippen LogP contribution is -2.36. The highest BCUT2D eigenvalue weighted by molar-refractivity contribution is 6.05. The summed E-state index contributed by atoms with van der Waals surface area (Å²) in [7, 11) is 0. The number of amides is 1. The summed E-state index contributed by atoms with van der Waals surface area (Å²) in [5, 5.41) is 2.56. The quantitative estimate of drug-likeness (QED) is 0.567. The number of aromatic amines is 1. The maximum atomic E-state index is 11.9. The highest BCUT2D eigenvalue weighted by atomic mass is 16.1. The summed E-state index contributed by atoms with van der Waals surface area (Å²) in [6, 6.07) is 8.87. The third-order valence-electron chi connectivity index (χ3n) is 2.74. The molecule has 0 aliphatic heterocycles. The number of nitrogens with zero attached hydrogens (tertiary/aromatic N) is 1. The number of aryl methyl sites for hydroxylation is 2. The summed E-state index contributed by atoms with van der Waals surface area (Å²) < 4.78 is 0. The molecule has 2 rings (SSSR count). The highest BCUT2D eigenvalue weighted by Crippen LogP contribution is 2.21. The topological polar surface area (TPSA) is 83.3 Å². The monoisotopic (exact) mass is 256 g/mol. The van der Waals surface area contributed by atoms with Gasteiger partial charge in [0.2, 0.25) is 5.96 Å². The highest BCUT2D eigenvalue weighted by Gasteiger charge is 2.08. The Kier molecular flexibility index (Phi) is 3.66. The molecular weight excluding hydrogens is 240 g/mol. The molecule has 5 nitrogen and oxygen atoms in total. The van der Waals surface area contributed by atoms with Crippen LogP contribution in [0.1, 0.15) is 21.6 Å². The van der Waals surface area contributed by atoms with E-state index in [0.29, 0.717) is 5.56 Å². The van der Waals surface area contributed by atoms with Gasteiger partial charge in [-0.05, 0) is 31.5 Å². The summed E-state index contributed by atoms with van der Waals surface area (Å²) in [6.07, 6.45) is 1.85. The molecule has 19 heavy (non-hydrogen) atoms. The van der Waals surface area contributed by atoms with Gasteiger partial charge in [-0.3, -0.25) is 10.1 Å². The number of aliphatic imine (C=N–C) groups is 1. The van der Waals surface area contributed by atoms with Crippen molar-refractivity contribution < 1.29 is 4.79 Å². The van der Waals surface area contributed by atoms with Crippen LogP contribution in [0.15, 0.2) is 41.5 Å². The lowest BCUT2D eigenvalue weighted by Gasteiger charge is -2.04. The first-order chi connectivity index (χ1) is 9.08. The molecule has 1 amide bonds. The van der Waals surface area contributed by atoms with E-state index < -0.39 is 0 Å². The van der Waals surface area contributed by atoms with Crippen molar-refractivity contribution in [1.82, 2.24) is 10.3 Å². The Morgan fingerprint density at radius 3 is 2.53 bits per heavy atom. The fourth-order valence-electron chi connectivity index (χ4n) is 1.75. The zero-order chi connectivity index (χ0) is 13.8. The van der Waals surface area contributed by atoms with Crippen LogP contribution >= 0.6 is 0 Å². The van der Waals surface area contributed by atoms with E-state index in [4.69, 9.17) is 5.73 Å². The van der Waals surface area contributed by atoms with Crippen LogP contribution in [0.25, 0.3) is 0 Å². The van der Waals surface area contributed by atoms with Crippen molar-refractivity contribution in [3.8, 4) is 0 Å². The Bertz CT molecular complexity index is 594. The molecule has 0 saturated carbocycles. The maximum Gasteiger partial charge on any atom is 0.257 e. The van der Waals surface area contributed by atoms with Gasteiger partial charge in [0.25, 0.3) is 5.91 Å². The van der Waals surface area contributed by atoms with Gasteiger partial charge >= 0.3 is 0 Å². The van der Waals surface area contributed by atoms with Crippen molar-refractivity contribution in [2.45, 2.75) is 13.8 Å². The molecule has 0 bridgehead atoms. The molecule has 0 aliphatic carbocycles. The fourth-order valence-corrected chi connectivity index (χ4v) is 1.75. The van der Waals surface area contributed by atoms with Gasteiger partial charge in [0.05, 0.1) is 5.69 Å². The van der Waals surface area contributed by atoms with E-state index in [1.165, 1.54) is 0 Å². The number of nitrogens with two attached hydrogens (primary N) is 1. The summed E-state index contributed by atoms with van der Waals surface area (Å²) >= 11 is 0. The van der Waals surface area contributed by atoms with Gasteiger partial charge in [-0.2, -0.15) is 0 Å². The second kappa shape index (κ2) is 5.39. The number of carbonyl (C=O) groups is 1. The zero-order valence-electron chi connectivity index (χ0n) is 10.9. The molecule has 0 aliphatic rings. The van der Waals surface area contributed by atoms with E-state index in [2.05, 4.69) is 15.3 Å².